The molecule has 0 aliphatic carbocycles. The fraction of sp³-hybridized carbons (Fsp3) is 0.462. The molecule has 5 heteroatoms. The smallest absolute Gasteiger partial charge is 0.254 e. The van der Waals surface area contributed by atoms with E-state index in [1.807, 2.05) is 13.0 Å². The minimum atomic E-state index is -0.418. The number of aliphatic hydroxyl groups excluding tert-OH is 1. The van der Waals surface area contributed by atoms with Crippen molar-refractivity contribution < 1.29 is 9.90 Å². The molecule has 0 radical (unpaired) electrons. The van der Waals surface area contributed by atoms with Gasteiger partial charge in [-0.1, -0.05) is 38.8 Å². The van der Waals surface area contributed by atoms with E-state index in [-0.39, 0.29) is 11.8 Å². The summed E-state index contributed by atoms with van der Waals surface area (Å²) in [5.41, 5.74) is 0.637. The van der Waals surface area contributed by atoms with Gasteiger partial charge in [0.2, 0.25) is 0 Å². The Kier molecular flexibility index (Phi) is 4.45. The Morgan fingerprint density at radius 1 is 1.33 bits per heavy atom. The maximum absolute atomic E-state index is 12.3. The van der Waals surface area contributed by atoms with Crippen molar-refractivity contribution in [3.63, 3.8) is 0 Å². The summed E-state index contributed by atoms with van der Waals surface area (Å²) in [6, 6.07) is 5.50. The van der Waals surface area contributed by atoms with Gasteiger partial charge in [-0.2, -0.15) is 0 Å². The zero-order valence-electron chi connectivity index (χ0n) is 10.1. The summed E-state index contributed by atoms with van der Waals surface area (Å²) in [6.45, 7) is 3.15. The highest BCUT2D eigenvalue weighted by Gasteiger charge is 2.27. The lowest BCUT2D eigenvalue weighted by Gasteiger charge is -2.34. The highest BCUT2D eigenvalue weighted by molar-refractivity contribution is 9.11. The zero-order valence-corrected chi connectivity index (χ0v) is 13.2. The Balaban J connectivity index is 2.16. The molecular formula is C13H15Br2NO2. The average molecular weight is 377 g/mol. The molecule has 18 heavy (non-hydrogen) atoms. The van der Waals surface area contributed by atoms with Crippen molar-refractivity contribution in [3.05, 3.63) is 32.7 Å². The molecule has 1 aliphatic heterocycles. The summed E-state index contributed by atoms with van der Waals surface area (Å²) in [6.07, 6.45) is 0.431. The monoisotopic (exact) mass is 375 g/mol. The van der Waals surface area contributed by atoms with Crippen LogP contribution >= 0.6 is 31.9 Å². The predicted molar refractivity (Wildman–Crippen MR) is 77.5 cm³/mol. The third-order valence-electron chi connectivity index (χ3n) is 3.32. The fourth-order valence-corrected chi connectivity index (χ4v) is 3.39. The summed E-state index contributed by atoms with van der Waals surface area (Å²) in [7, 11) is 0. The lowest BCUT2D eigenvalue weighted by molar-refractivity contribution is 0.0248. The fourth-order valence-electron chi connectivity index (χ4n) is 2.09. The number of hydrogen-bond donors (Lipinski definition) is 1. The normalized spacial score (nSPS) is 24.1. The Hall–Kier alpha value is -0.390. The lowest BCUT2D eigenvalue weighted by atomic mass is 9.95. The van der Waals surface area contributed by atoms with Crippen molar-refractivity contribution in [2.45, 2.75) is 19.4 Å². The topological polar surface area (TPSA) is 40.5 Å². The number of amides is 1. The number of piperidine rings is 1. The molecule has 1 aromatic carbocycles. The van der Waals surface area contributed by atoms with Crippen molar-refractivity contribution in [2.24, 2.45) is 5.92 Å². The molecule has 98 valence electrons. The molecule has 2 atom stereocenters. The van der Waals surface area contributed by atoms with Gasteiger partial charge in [0.25, 0.3) is 5.91 Å². The summed E-state index contributed by atoms with van der Waals surface area (Å²) in [4.78, 5) is 14.1. The number of rotatable bonds is 1. The third kappa shape index (κ3) is 3.13. The first-order chi connectivity index (χ1) is 8.47. The van der Waals surface area contributed by atoms with Crippen molar-refractivity contribution in [2.75, 3.05) is 13.1 Å². The van der Waals surface area contributed by atoms with Gasteiger partial charge in [0, 0.05) is 27.6 Å². The van der Waals surface area contributed by atoms with Crippen LogP contribution in [0.25, 0.3) is 0 Å². The van der Waals surface area contributed by atoms with E-state index < -0.39 is 6.10 Å². The minimum absolute atomic E-state index is 0.0250. The van der Waals surface area contributed by atoms with Crippen LogP contribution in [-0.4, -0.2) is 35.1 Å². The number of β-amino-alcohol motifs (C(OH)–C–C–N with tert-alkyl or cyclic N) is 1. The van der Waals surface area contributed by atoms with E-state index in [1.165, 1.54) is 0 Å². The third-order valence-corrected chi connectivity index (χ3v) is 4.23. The molecule has 1 aliphatic rings. The van der Waals surface area contributed by atoms with Gasteiger partial charge in [0.15, 0.2) is 0 Å². The van der Waals surface area contributed by atoms with Gasteiger partial charge in [0.05, 0.1) is 6.10 Å². The maximum atomic E-state index is 12.3. The van der Waals surface area contributed by atoms with E-state index in [9.17, 15) is 9.90 Å². The van der Waals surface area contributed by atoms with Gasteiger partial charge in [-0.25, -0.2) is 0 Å². The SMILES string of the molecule is CC1CCN(C(=O)c2cc(Br)cc(Br)c2)CC1O. The molecular weight excluding hydrogens is 362 g/mol. The first-order valence-corrected chi connectivity index (χ1v) is 7.49. The lowest BCUT2D eigenvalue weighted by Crippen LogP contribution is -2.45. The van der Waals surface area contributed by atoms with E-state index in [1.54, 1.807) is 17.0 Å². The first-order valence-electron chi connectivity index (χ1n) is 5.91. The molecule has 1 saturated heterocycles. The van der Waals surface area contributed by atoms with Crippen LogP contribution < -0.4 is 0 Å². The molecule has 0 bridgehead atoms. The number of likely N-dealkylation sites (tertiary alicyclic amines) is 1. The van der Waals surface area contributed by atoms with Crippen molar-refractivity contribution in [1.29, 1.82) is 0 Å². The quantitative estimate of drug-likeness (QED) is 0.818. The van der Waals surface area contributed by atoms with Crippen LogP contribution in [-0.2, 0) is 0 Å². The minimum Gasteiger partial charge on any atom is -0.391 e. The molecule has 0 aromatic heterocycles. The standard InChI is InChI=1S/C13H15Br2NO2/c1-8-2-3-16(7-12(8)17)13(18)9-4-10(14)6-11(15)5-9/h4-6,8,12,17H,2-3,7H2,1H3. The average Bonchev–Trinajstić information content (AvgIpc) is 2.30. The van der Waals surface area contributed by atoms with Crippen LogP contribution in [0.1, 0.15) is 23.7 Å². The number of benzene rings is 1. The number of hydrogen-bond acceptors (Lipinski definition) is 2. The van der Waals surface area contributed by atoms with Gasteiger partial charge in [0.1, 0.15) is 0 Å². The molecule has 0 saturated carbocycles. The second kappa shape index (κ2) is 5.72. The molecule has 1 heterocycles. The number of carbonyl (C=O) groups excluding carboxylic acids is 1. The molecule has 1 aromatic rings. The van der Waals surface area contributed by atoms with Crippen molar-refractivity contribution in [3.8, 4) is 0 Å². The second-order valence-electron chi connectivity index (χ2n) is 4.74. The zero-order chi connectivity index (χ0) is 13.3. The van der Waals surface area contributed by atoms with E-state index in [0.717, 1.165) is 15.4 Å². The number of aliphatic hydroxyl groups is 1. The van der Waals surface area contributed by atoms with Crippen molar-refractivity contribution >= 4 is 37.8 Å². The van der Waals surface area contributed by atoms with E-state index >= 15 is 0 Å². The summed E-state index contributed by atoms with van der Waals surface area (Å²) in [5, 5.41) is 9.84. The van der Waals surface area contributed by atoms with Gasteiger partial charge in [-0.15, -0.1) is 0 Å². The van der Waals surface area contributed by atoms with Gasteiger partial charge >= 0.3 is 0 Å². The summed E-state index contributed by atoms with van der Waals surface area (Å²) < 4.78 is 1.73. The van der Waals surface area contributed by atoms with Crippen LogP contribution in [0.5, 0.6) is 0 Å². The molecule has 0 spiro atoms. The summed E-state index contributed by atoms with van der Waals surface area (Å²) >= 11 is 6.75. The van der Waals surface area contributed by atoms with Crippen LogP contribution in [0.2, 0.25) is 0 Å². The Morgan fingerprint density at radius 2 is 1.94 bits per heavy atom. The molecule has 2 unspecified atom stereocenters. The molecule has 3 nitrogen and oxygen atoms in total. The molecule has 2 rings (SSSR count). The Morgan fingerprint density at radius 3 is 2.50 bits per heavy atom. The highest BCUT2D eigenvalue weighted by atomic mass is 79.9. The van der Waals surface area contributed by atoms with E-state index in [4.69, 9.17) is 0 Å². The van der Waals surface area contributed by atoms with Crippen LogP contribution in [0, 0.1) is 5.92 Å². The molecule has 1 amide bonds. The number of halogens is 2. The highest BCUT2D eigenvalue weighted by Crippen LogP contribution is 2.23. The predicted octanol–water partition coefficient (Wildman–Crippen LogP) is 3.05. The van der Waals surface area contributed by atoms with E-state index in [0.29, 0.717) is 18.7 Å². The first kappa shape index (κ1) is 14.0. The van der Waals surface area contributed by atoms with Crippen molar-refractivity contribution in [1.82, 2.24) is 4.90 Å². The van der Waals surface area contributed by atoms with E-state index in [2.05, 4.69) is 31.9 Å². The van der Waals surface area contributed by atoms with Crippen LogP contribution in [0.3, 0.4) is 0 Å². The molecule has 1 fully saturated rings. The largest absolute Gasteiger partial charge is 0.391 e. The number of carbonyl (C=O) groups is 1. The Bertz CT molecular complexity index is 444. The second-order valence-corrected chi connectivity index (χ2v) is 6.57. The van der Waals surface area contributed by atoms with Crippen LogP contribution in [0.4, 0.5) is 0 Å². The van der Waals surface area contributed by atoms with Gasteiger partial charge < -0.3 is 10.0 Å². The maximum Gasteiger partial charge on any atom is 0.254 e. The van der Waals surface area contributed by atoms with Gasteiger partial charge in [-0.05, 0) is 30.5 Å². The van der Waals surface area contributed by atoms with Gasteiger partial charge in [-0.3, -0.25) is 4.79 Å². The molecule has 1 N–H and O–H groups in total. The Labute approximate surface area is 123 Å². The summed E-state index contributed by atoms with van der Waals surface area (Å²) in [5.74, 6) is 0.242. The number of nitrogens with zero attached hydrogens (tertiary/aromatic N) is 1. The van der Waals surface area contributed by atoms with Crippen LogP contribution in [0.15, 0.2) is 27.1 Å².